The molecule has 0 aliphatic carbocycles. The molecule has 6 nitrogen and oxygen atoms in total. The molecule has 0 bridgehead atoms. The van der Waals surface area contributed by atoms with Crippen LogP contribution in [0.4, 0.5) is 14.9 Å². The molecule has 1 saturated heterocycles. The van der Waals surface area contributed by atoms with Crippen molar-refractivity contribution in [1.82, 2.24) is 4.90 Å². The third kappa shape index (κ3) is 6.30. The second-order valence-electron chi connectivity index (χ2n) is 7.39. The normalized spacial score (nSPS) is 14.5. The van der Waals surface area contributed by atoms with Crippen LogP contribution in [0.25, 0.3) is 6.08 Å². The standard InChI is InChI=1S/C25H17BrClFN2O4S/c26-17-5-10-21(34-14-15-3-1-2-4-20(15)27)16(11-17)12-22-24(32)30(25(33)35-22)13-23(31)29-19-8-6-18(28)7-9-19/h1-12H,13-14H2,(H,29,31)/b22-12-. The lowest BCUT2D eigenvalue weighted by Gasteiger charge is -2.13. The molecule has 1 aliphatic heterocycles. The van der Waals surface area contributed by atoms with Crippen molar-refractivity contribution >= 4 is 68.1 Å². The van der Waals surface area contributed by atoms with E-state index in [0.29, 0.717) is 22.0 Å². The van der Waals surface area contributed by atoms with Gasteiger partial charge in [0.2, 0.25) is 5.91 Å². The molecular formula is C25H17BrClFN2O4S. The van der Waals surface area contributed by atoms with Gasteiger partial charge in [0.1, 0.15) is 24.7 Å². The minimum Gasteiger partial charge on any atom is -0.488 e. The van der Waals surface area contributed by atoms with Crippen LogP contribution in [0.1, 0.15) is 11.1 Å². The highest BCUT2D eigenvalue weighted by atomic mass is 79.9. The molecule has 0 aromatic heterocycles. The molecule has 0 atom stereocenters. The van der Waals surface area contributed by atoms with E-state index in [4.69, 9.17) is 16.3 Å². The van der Waals surface area contributed by atoms with Crippen molar-refractivity contribution in [2.24, 2.45) is 0 Å². The van der Waals surface area contributed by atoms with Gasteiger partial charge in [-0.1, -0.05) is 45.7 Å². The second-order valence-corrected chi connectivity index (χ2v) is 9.70. The summed E-state index contributed by atoms with van der Waals surface area (Å²) in [4.78, 5) is 38.7. The number of nitrogens with one attached hydrogen (secondary N) is 1. The van der Waals surface area contributed by atoms with E-state index in [-0.39, 0.29) is 11.5 Å². The number of nitrogens with zero attached hydrogens (tertiary/aromatic N) is 1. The van der Waals surface area contributed by atoms with Crippen LogP contribution in [0.15, 0.2) is 76.1 Å². The Hall–Kier alpha value is -3.14. The van der Waals surface area contributed by atoms with Gasteiger partial charge in [-0.3, -0.25) is 19.3 Å². The first-order valence-electron chi connectivity index (χ1n) is 10.3. The molecule has 35 heavy (non-hydrogen) atoms. The van der Waals surface area contributed by atoms with Crippen LogP contribution in [-0.4, -0.2) is 28.5 Å². The number of anilines is 1. The first-order chi connectivity index (χ1) is 16.8. The fraction of sp³-hybridized carbons (Fsp3) is 0.0800. The number of halogens is 3. The zero-order chi connectivity index (χ0) is 24.9. The van der Waals surface area contributed by atoms with E-state index in [9.17, 15) is 18.8 Å². The van der Waals surface area contributed by atoms with Crippen molar-refractivity contribution < 1.29 is 23.5 Å². The Kier molecular flexibility index (Phi) is 7.90. The van der Waals surface area contributed by atoms with Crippen LogP contribution in [0.2, 0.25) is 5.02 Å². The van der Waals surface area contributed by atoms with Gasteiger partial charge in [0, 0.05) is 26.3 Å². The highest BCUT2D eigenvalue weighted by Gasteiger charge is 2.36. The minimum absolute atomic E-state index is 0.158. The summed E-state index contributed by atoms with van der Waals surface area (Å²) >= 11 is 10.3. The Morgan fingerprint density at radius 2 is 1.86 bits per heavy atom. The number of rotatable bonds is 7. The predicted molar refractivity (Wildman–Crippen MR) is 138 cm³/mol. The molecular weight excluding hydrogens is 559 g/mol. The molecule has 0 spiro atoms. The Bertz CT molecular complexity index is 1330. The van der Waals surface area contributed by atoms with Crippen LogP contribution < -0.4 is 10.1 Å². The monoisotopic (exact) mass is 574 g/mol. The molecule has 4 rings (SSSR count). The van der Waals surface area contributed by atoms with Crippen molar-refractivity contribution in [1.29, 1.82) is 0 Å². The van der Waals surface area contributed by atoms with E-state index in [1.807, 2.05) is 18.2 Å². The third-order valence-corrected chi connectivity index (χ3v) is 6.67. The van der Waals surface area contributed by atoms with E-state index in [1.165, 1.54) is 24.3 Å². The summed E-state index contributed by atoms with van der Waals surface area (Å²) in [5.41, 5.74) is 1.73. The zero-order valence-electron chi connectivity index (χ0n) is 18.0. The molecule has 1 aliphatic rings. The Morgan fingerprint density at radius 1 is 1.11 bits per heavy atom. The molecule has 0 radical (unpaired) electrons. The number of carbonyl (C=O) groups is 3. The number of amides is 3. The van der Waals surface area contributed by atoms with Gasteiger partial charge in [-0.2, -0.15) is 0 Å². The molecule has 178 valence electrons. The van der Waals surface area contributed by atoms with Gasteiger partial charge in [-0.25, -0.2) is 4.39 Å². The lowest BCUT2D eigenvalue weighted by molar-refractivity contribution is -0.127. The number of hydrogen-bond donors (Lipinski definition) is 1. The maximum absolute atomic E-state index is 13.0. The van der Waals surface area contributed by atoms with Gasteiger partial charge < -0.3 is 10.1 Å². The molecule has 1 N–H and O–H groups in total. The summed E-state index contributed by atoms with van der Waals surface area (Å²) in [7, 11) is 0. The molecule has 0 saturated carbocycles. The number of ether oxygens (including phenoxy) is 1. The summed E-state index contributed by atoms with van der Waals surface area (Å²) in [6.45, 7) is -0.249. The van der Waals surface area contributed by atoms with E-state index < -0.39 is 29.4 Å². The highest BCUT2D eigenvalue weighted by molar-refractivity contribution is 9.10. The zero-order valence-corrected chi connectivity index (χ0v) is 21.1. The minimum atomic E-state index is -0.591. The topological polar surface area (TPSA) is 75.7 Å². The van der Waals surface area contributed by atoms with Crippen LogP contribution in [0.3, 0.4) is 0 Å². The fourth-order valence-corrected chi connectivity index (χ4v) is 4.59. The molecule has 3 amide bonds. The first kappa shape index (κ1) is 25.0. The van der Waals surface area contributed by atoms with Gasteiger partial charge >= 0.3 is 0 Å². The average Bonchev–Trinajstić information content (AvgIpc) is 3.08. The van der Waals surface area contributed by atoms with E-state index in [0.717, 1.165) is 26.7 Å². The van der Waals surface area contributed by atoms with Crippen molar-refractivity contribution in [3.05, 3.63) is 98.1 Å². The number of thioether (sulfide) groups is 1. The quantitative estimate of drug-likeness (QED) is 0.326. The molecule has 1 fully saturated rings. The van der Waals surface area contributed by atoms with Gasteiger partial charge in [-0.05, 0) is 66.4 Å². The molecule has 1 heterocycles. The lowest BCUT2D eigenvalue weighted by atomic mass is 10.1. The van der Waals surface area contributed by atoms with E-state index in [1.54, 1.807) is 30.3 Å². The summed E-state index contributed by atoms with van der Waals surface area (Å²) < 4.78 is 19.7. The van der Waals surface area contributed by atoms with Crippen molar-refractivity contribution in [3.63, 3.8) is 0 Å². The van der Waals surface area contributed by atoms with Crippen molar-refractivity contribution in [2.75, 3.05) is 11.9 Å². The highest BCUT2D eigenvalue weighted by Crippen LogP contribution is 2.35. The van der Waals surface area contributed by atoms with Crippen molar-refractivity contribution in [2.45, 2.75) is 6.61 Å². The lowest BCUT2D eigenvalue weighted by Crippen LogP contribution is -2.36. The smallest absolute Gasteiger partial charge is 0.294 e. The summed E-state index contributed by atoms with van der Waals surface area (Å²) in [5, 5.41) is 2.55. The number of benzene rings is 3. The molecule has 3 aromatic rings. The van der Waals surface area contributed by atoms with Crippen molar-refractivity contribution in [3.8, 4) is 5.75 Å². The SMILES string of the molecule is O=C(CN1C(=O)S/C(=C\c2cc(Br)ccc2OCc2ccccc2Cl)C1=O)Nc1ccc(F)cc1. The molecule has 0 unspecified atom stereocenters. The number of hydrogen-bond acceptors (Lipinski definition) is 5. The van der Waals surface area contributed by atoms with Crippen LogP contribution in [-0.2, 0) is 16.2 Å². The summed E-state index contributed by atoms with van der Waals surface area (Å²) in [5.74, 6) is -1.12. The Labute approximate surface area is 218 Å². The maximum atomic E-state index is 13.0. The first-order valence-corrected chi connectivity index (χ1v) is 12.3. The van der Waals surface area contributed by atoms with Gasteiger partial charge in [-0.15, -0.1) is 0 Å². The van der Waals surface area contributed by atoms with Crippen LogP contribution in [0, 0.1) is 5.82 Å². The van der Waals surface area contributed by atoms with E-state index >= 15 is 0 Å². The van der Waals surface area contributed by atoms with Gasteiger partial charge in [0.25, 0.3) is 11.1 Å². The predicted octanol–water partition coefficient (Wildman–Crippen LogP) is 6.50. The molecule has 3 aromatic carbocycles. The largest absolute Gasteiger partial charge is 0.488 e. The number of imide groups is 1. The Morgan fingerprint density at radius 3 is 2.60 bits per heavy atom. The van der Waals surface area contributed by atoms with Crippen LogP contribution >= 0.6 is 39.3 Å². The third-order valence-electron chi connectivity index (χ3n) is 4.90. The molecule has 10 heteroatoms. The van der Waals surface area contributed by atoms with E-state index in [2.05, 4.69) is 21.2 Å². The average molecular weight is 576 g/mol. The van der Waals surface area contributed by atoms with Gasteiger partial charge in [0.15, 0.2) is 0 Å². The summed E-state index contributed by atoms with van der Waals surface area (Å²) in [6.07, 6.45) is 1.55. The maximum Gasteiger partial charge on any atom is 0.294 e. The summed E-state index contributed by atoms with van der Waals surface area (Å²) in [6, 6.07) is 17.8. The fourth-order valence-electron chi connectivity index (χ4n) is 3.19. The number of carbonyl (C=O) groups excluding carboxylic acids is 3. The van der Waals surface area contributed by atoms with Crippen LogP contribution in [0.5, 0.6) is 5.75 Å². The Balaban J connectivity index is 1.48. The second kappa shape index (κ2) is 11.1. The van der Waals surface area contributed by atoms with Gasteiger partial charge in [0.05, 0.1) is 4.91 Å².